The summed E-state index contributed by atoms with van der Waals surface area (Å²) < 4.78 is 0. The van der Waals surface area contributed by atoms with E-state index in [0.29, 0.717) is 0 Å². The van der Waals surface area contributed by atoms with Crippen molar-refractivity contribution >= 4 is 23.2 Å². The Bertz CT molecular complexity index is 713. The molecule has 0 N–H and O–H groups in total. The van der Waals surface area contributed by atoms with Gasteiger partial charge in [-0.25, -0.2) is 0 Å². The molecule has 0 radical (unpaired) electrons. The minimum Gasteiger partial charge on any atom is -0.254 e. The number of aliphatic imine (C=N–C) groups is 1. The minimum absolute atomic E-state index is 0.253. The summed E-state index contributed by atoms with van der Waals surface area (Å²) in [5.74, 6) is 0.529. The average Bonchev–Trinajstić information content (AvgIpc) is 2.50. The Hall–Kier alpha value is -2.05. The maximum absolute atomic E-state index is 9.56. The Morgan fingerprint density at radius 2 is 1.90 bits per heavy atom. The third kappa shape index (κ3) is 2.35. The van der Waals surface area contributed by atoms with Crippen LogP contribution in [0.15, 0.2) is 58.4 Å². The van der Waals surface area contributed by atoms with Gasteiger partial charge in [0.1, 0.15) is 5.92 Å². The van der Waals surface area contributed by atoms with E-state index in [1.54, 1.807) is 11.8 Å². The van der Waals surface area contributed by atoms with Crippen LogP contribution in [0.2, 0.25) is 0 Å². The molecule has 0 amide bonds. The molecule has 98 valence electrons. The molecule has 0 saturated carbocycles. The van der Waals surface area contributed by atoms with Gasteiger partial charge in [-0.2, -0.15) is 5.26 Å². The van der Waals surface area contributed by atoms with Crippen molar-refractivity contribution in [1.29, 1.82) is 5.26 Å². The molecule has 2 aromatic carbocycles. The van der Waals surface area contributed by atoms with Gasteiger partial charge >= 0.3 is 0 Å². The maximum atomic E-state index is 9.56. The van der Waals surface area contributed by atoms with Gasteiger partial charge < -0.3 is 0 Å². The smallest absolute Gasteiger partial charge is 0.111 e. The van der Waals surface area contributed by atoms with E-state index in [-0.39, 0.29) is 5.92 Å². The standard InChI is InChI=1S/C17H14N2S/c1-12-6-2-3-7-13(12)14(10-18)16-11-20-17-9-5-4-8-15(17)19-16/h2-9,14H,11H2,1H3. The zero-order chi connectivity index (χ0) is 13.9. The second-order valence-corrected chi connectivity index (χ2v) is 5.80. The molecule has 20 heavy (non-hydrogen) atoms. The summed E-state index contributed by atoms with van der Waals surface area (Å²) >= 11 is 1.76. The molecule has 0 bridgehead atoms. The fourth-order valence-corrected chi connectivity index (χ4v) is 3.36. The summed E-state index contributed by atoms with van der Waals surface area (Å²) in [5, 5.41) is 9.56. The van der Waals surface area contributed by atoms with Crippen molar-refractivity contribution in [3.8, 4) is 6.07 Å². The topological polar surface area (TPSA) is 36.1 Å². The highest BCUT2D eigenvalue weighted by Crippen LogP contribution is 2.36. The number of nitriles is 1. The number of hydrogen-bond donors (Lipinski definition) is 0. The van der Waals surface area contributed by atoms with E-state index in [1.807, 2.05) is 49.4 Å². The van der Waals surface area contributed by atoms with Crippen LogP contribution in [0.25, 0.3) is 0 Å². The Kier molecular flexibility index (Phi) is 3.58. The third-order valence-corrected chi connectivity index (χ3v) is 4.56. The fraction of sp³-hybridized carbons (Fsp3) is 0.176. The first kappa shape index (κ1) is 13.0. The van der Waals surface area contributed by atoms with Gasteiger partial charge in [0.25, 0.3) is 0 Å². The highest BCUT2D eigenvalue weighted by molar-refractivity contribution is 8.00. The van der Waals surface area contributed by atoms with E-state index < -0.39 is 0 Å². The lowest BCUT2D eigenvalue weighted by Crippen LogP contribution is -2.16. The molecule has 0 spiro atoms. The average molecular weight is 278 g/mol. The van der Waals surface area contributed by atoms with E-state index in [4.69, 9.17) is 4.99 Å². The molecule has 3 rings (SSSR count). The van der Waals surface area contributed by atoms with E-state index in [0.717, 1.165) is 28.3 Å². The zero-order valence-corrected chi connectivity index (χ0v) is 12.0. The summed E-state index contributed by atoms with van der Waals surface area (Å²) in [4.78, 5) is 5.90. The number of benzene rings is 2. The Labute approximate surface area is 123 Å². The van der Waals surface area contributed by atoms with E-state index >= 15 is 0 Å². The lowest BCUT2D eigenvalue weighted by Gasteiger charge is -2.19. The quantitative estimate of drug-likeness (QED) is 0.812. The molecule has 0 aromatic heterocycles. The Morgan fingerprint density at radius 3 is 2.70 bits per heavy atom. The van der Waals surface area contributed by atoms with Crippen molar-refractivity contribution < 1.29 is 0 Å². The number of hydrogen-bond acceptors (Lipinski definition) is 3. The molecule has 1 heterocycles. The number of para-hydroxylation sites is 1. The molecule has 0 aliphatic carbocycles. The second kappa shape index (κ2) is 5.52. The summed E-state index contributed by atoms with van der Waals surface area (Å²) in [7, 11) is 0. The molecule has 3 heteroatoms. The van der Waals surface area contributed by atoms with Crippen LogP contribution in [-0.2, 0) is 0 Å². The van der Waals surface area contributed by atoms with Crippen molar-refractivity contribution in [2.75, 3.05) is 5.75 Å². The van der Waals surface area contributed by atoms with E-state index in [2.05, 4.69) is 12.1 Å². The molecule has 1 aliphatic rings. The number of thioether (sulfide) groups is 1. The Balaban J connectivity index is 2.03. The van der Waals surface area contributed by atoms with Crippen LogP contribution in [0, 0.1) is 18.3 Å². The molecule has 2 nitrogen and oxygen atoms in total. The first-order valence-corrected chi connectivity index (χ1v) is 7.52. The largest absolute Gasteiger partial charge is 0.254 e. The molecule has 2 aromatic rings. The van der Waals surface area contributed by atoms with Gasteiger partial charge in [-0.15, -0.1) is 11.8 Å². The van der Waals surface area contributed by atoms with Gasteiger partial charge in [0, 0.05) is 10.6 Å². The number of rotatable bonds is 2. The van der Waals surface area contributed by atoms with Crippen molar-refractivity contribution in [3.63, 3.8) is 0 Å². The van der Waals surface area contributed by atoms with Crippen molar-refractivity contribution in [1.82, 2.24) is 0 Å². The van der Waals surface area contributed by atoms with Gasteiger partial charge in [0.2, 0.25) is 0 Å². The highest BCUT2D eigenvalue weighted by Gasteiger charge is 2.23. The molecule has 0 saturated heterocycles. The molecule has 1 unspecified atom stereocenters. The van der Waals surface area contributed by atoms with E-state index in [1.165, 1.54) is 4.90 Å². The van der Waals surface area contributed by atoms with Crippen molar-refractivity contribution in [3.05, 3.63) is 59.7 Å². The van der Waals surface area contributed by atoms with Crippen LogP contribution < -0.4 is 0 Å². The van der Waals surface area contributed by atoms with Crippen molar-refractivity contribution in [2.24, 2.45) is 4.99 Å². The van der Waals surface area contributed by atoms with Gasteiger partial charge in [-0.1, -0.05) is 36.4 Å². The summed E-state index contributed by atoms with van der Waals surface area (Å²) in [6, 6.07) is 18.6. The number of fused-ring (bicyclic) bond motifs is 1. The van der Waals surface area contributed by atoms with Gasteiger partial charge in [-0.3, -0.25) is 4.99 Å². The SMILES string of the molecule is Cc1ccccc1C(C#N)C1=Nc2ccccc2SC1. The van der Waals surface area contributed by atoms with Crippen LogP contribution in [-0.4, -0.2) is 11.5 Å². The maximum Gasteiger partial charge on any atom is 0.111 e. The monoisotopic (exact) mass is 278 g/mol. The summed E-state index contributed by atoms with van der Waals surface area (Å²) in [6.45, 7) is 2.05. The summed E-state index contributed by atoms with van der Waals surface area (Å²) in [5.41, 5.74) is 4.14. The molecule has 1 aliphatic heterocycles. The second-order valence-electron chi connectivity index (χ2n) is 4.78. The first-order chi connectivity index (χ1) is 9.79. The van der Waals surface area contributed by atoms with Gasteiger partial charge in [-0.05, 0) is 30.2 Å². The molecular weight excluding hydrogens is 264 g/mol. The normalized spacial score (nSPS) is 14.9. The van der Waals surface area contributed by atoms with Crippen LogP contribution in [0.3, 0.4) is 0 Å². The molecule has 0 fully saturated rings. The van der Waals surface area contributed by atoms with Crippen LogP contribution in [0.4, 0.5) is 5.69 Å². The van der Waals surface area contributed by atoms with Gasteiger partial charge in [0.15, 0.2) is 0 Å². The van der Waals surface area contributed by atoms with Crippen LogP contribution in [0.5, 0.6) is 0 Å². The predicted octanol–water partition coefficient (Wildman–Crippen LogP) is 4.48. The van der Waals surface area contributed by atoms with Crippen LogP contribution >= 0.6 is 11.8 Å². The zero-order valence-electron chi connectivity index (χ0n) is 11.2. The molecule has 1 atom stereocenters. The number of aryl methyl sites for hydroxylation is 1. The number of nitrogens with zero attached hydrogens (tertiary/aromatic N) is 2. The summed E-state index contributed by atoms with van der Waals surface area (Å²) in [6.07, 6.45) is 0. The third-order valence-electron chi connectivity index (χ3n) is 3.47. The lowest BCUT2D eigenvalue weighted by atomic mass is 9.92. The predicted molar refractivity (Wildman–Crippen MR) is 83.8 cm³/mol. The highest BCUT2D eigenvalue weighted by atomic mass is 32.2. The van der Waals surface area contributed by atoms with Crippen LogP contribution in [0.1, 0.15) is 17.0 Å². The fourth-order valence-electron chi connectivity index (χ4n) is 2.39. The first-order valence-electron chi connectivity index (χ1n) is 6.54. The van der Waals surface area contributed by atoms with Gasteiger partial charge in [0.05, 0.1) is 17.5 Å². The van der Waals surface area contributed by atoms with E-state index in [9.17, 15) is 5.26 Å². The molecular formula is C17H14N2S. The minimum atomic E-state index is -0.253. The lowest BCUT2D eigenvalue weighted by molar-refractivity contribution is 1.10. The van der Waals surface area contributed by atoms with Crippen molar-refractivity contribution in [2.45, 2.75) is 17.7 Å². The Morgan fingerprint density at radius 1 is 1.15 bits per heavy atom.